The molecule has 1 rings (SSSR count). The quantitative estimate of drug-likeness (QED) is 0.613. The van der Waals surface area contributed by atoms with Crippen molar-refractivity contribution in [3.05, 3.63) is 0 Å². The molecule has 4 heteroatoms. The maximum atomic E-state index is 9.99. The predicted octanol–water partition coefficient (Wildman–Crippen LogP) is 1.37. The molecule has 0 saturated carbocycles. The Bertz CT molecular complexity index is 200. The van der Waals surface area contributed by atoms with Gasteiger partial charge in [-0.3, -0.25) is 4.90 Å². The summed E-state index contributed by atoms with van der Waals surface area (Å²) in [6.45, 7) is 5.94. The van der Waals surface area contributed by atoms with Crippen molar-refractivity contribution in [2.45, 2.75) is 57.6 Å². The highest BCUT2D eigenvalue weighted by Crippen LogP contribution is 2.19. The normalized spacial score (nSPS) is 23.2. The van der Waals surface area contributed by atoms with Crippen LogP contribution in [-0.2, 0) is 4.74 Å². The first-order valence-electron chi connectivity index (χ1n) is 7.47. The smallest absolute Gasteiger partial charge is 0.0900 e. The maximum Gasteiger partial charge on any atom is 0.0900 e. The average Bonchev–Trinajstić information content (AvgIpc) is 2.37. The van der Waals surface area contributed by atoms with Gasteiger partial charge in [0.25, 0.3) is 0 Å². The van der Waals surface area contributed by atoms with Crippen molar-refractivity contribution >= 4 is 0 Å². The fraction of sp³-hybridized carbons (Fsp3) is 1.00. The molecular weight excluding hydrogens is 228 g/mol. The van der Waals surface area contributed by atoms with Crippen molar-refractivity contribution < 1.29 is 9.84 Å². The van der Waals surface area contributed by atoms with Crippen LogP contribution in [-0.4, -0.2) is 55.0 Å². The number of unbranched alkanes of at least 4 members (excludes halogenated alkanes) is 1. The number of aliphatic hydroxyl groups excluding tert-OH is 1. The predicted molar refractivity (Wildman–Crippen MR) is 74.6 cm³/mol. The zero-order chi connectivity index (χ0) is 13.2. The minimum Gasteiger partial charge on any atom is -0.389 e. The van der Waals surface area contributed by atoms with Crippen LogP contribution in [0.15, 0.2) is 0 Å². The Morgan fingerprint density at radius 2 is 2.28 bits per heavy atom. The maximum absolute atomic E-state index is 9.99. The molecule has 108 valence electrons. The Morgan fingerprint density at radius 3 is 3.00 bits per heavy atom. The number of β-amino-alcohol motifs (C(OH)–C–C–N with tert-alkyl or cyclic N) is 1. The number of aliphatic hydroxyl groups is 1. The molecule has 3 N–H and O–H groups in total. The molecule has 1 aliphatic heterocycles. The molecule has 1 heterocycles. The van der Waals surface area contributed by atoms with Crippen LogP contribution in [0.25, 0.3) is 0 Å². The van der Waals surface area contributed by atoms with Crippen molar-refractivity contribution in [2.24, 2.45) is 5.73 Å². The summed E-state index contributed by atoms with van der Waals surface area (Å²) in [5, 5.41) is 9.99. The van der Waals surface area contributed by atoms with Crippen LogP contribution in [0.4, 0.5) is 0 Å². The molecule has 1 aliphatic rings. The molecule has 0 aromatic heterocycles. The zero-order valence-corrected chi connectivity index (χ0v) is 11.8. The topological polar surface area (TPSA) is 58.7 Å². The second-order valence-electron chi connectivity index (χ2n) is 5.30. The van der Waals surface area contributed by atoms with E-state index in [2.05, 4.69) is 11.8 Å². The molecular formula is C14H30N2O2. The summed E-state index contributed by atoms with van der Waals surface area (Å²) in [6, 6.07) is 0.564. The molecule has 0 aliphatic carbocycles. The van der Waals surface area contributed by atoms with Gasteiger partial charge in [-0.05, 0) is 38.8 Å². The number of rotatable bonds is 9. The van der Waals surface area contributed by atoms with Crippen LogP contribution in [0.1, 0.15) is 45.4 Å². The molecule has 0 spiro atoms. The minimum atomic E-state index is -0.361. The van der Waals surface area contributed by atoms with E-state index in [1.807, 2.05) is 0 Å². The van der Waals surface area contributed by atoms with E-state index in [-0.39, 0.29) is 6.10 Å². The van der Waals surface area contributed by atoms with E-state index >= 15 is 0 Å². The van der Waals surface area contributed by atoms with Crippen LogP contribution in [0.2, 0.25) is 0 Å². The fourth-order valence-electron chi connectivity index (χ4n) is 2.61. The molecule has 0 aromatic carbocycles. The summed E-state index contributed by atoms with van der Waals surface area (Å²) in [6.07, 6.45) is 6.66. The number of nitrogens with zero attached hydrogens (tertiary/aromatic N) is 1. The minimum absolute atomic E-state index is 0.361. The molecule has 18 heavy (non-hydrogen) atoms. The van der Waals surface area contributed by atoms with Crippen molar-refractivity contribution in [1.29, 1.82) is 0 Å². The van der Waals surface area contributed by atoms with Crippen molar-refractivity contribution in [2.75, 3.05) is 32.8 Å². The van der Waals surface area contributed by atoms with Gasteiger partial charge in [0, 0.05) is 19.2 Å². The van der Waals surface area contributed by atoms with Crippen molar-refractivity contribution in [3.8, 4) is 0 Å². The summed E-state index contributed by atoms with van der Waals surface area (Å²) >= 11 is 0. The third-order valence-corrected chi connectivity index (χ3v) is 3.65. The van der Waals surface area contributed by atoms with E-state index in [1.54, 1.807) is 0 Å². The Kier molecular flexibility index (Phi) is 8.59. The number of hydrogen-bond donors (Lipinski definition) is 2. The van der Waals surface area contributed by atoms with E-state index in [0.29, 0.717) is 12.6 Å². The van der Waals surface area contributed by atoms with E-state index in [1.165, 1.54) is 19.3 Å². The Hall–Kier alpha value is -0.160. The lowest BCUT2D eigenvalue weighted by Gasteiger charge is -2.36. The summed E-state index contributed by atoms with van der Waals surface area (Å²) in [7, 11) is 0. The second kappa shape index (κ2) is 9.73. The highest BCUT2D eigenvalue weighted by Gasteiger charge is 2.23. The summed E-state index contributed by atoms with van der Waals surface area (Å²) in [5.74, 6) is 0. The van der Waals surface area contributed by atoms with E-state index in [9.17, 15) is 5.11 Å². The monoisotopic (exact) mass is 258 g/mol. The van der Waals surface area contributed by atoms with Gasteiger partial charge < -0.3 is 15.6 Å². The van der Waals surface area contributed by atoms with Crippen LogP contribution in [0.5, 0.6) is 0 Å². The molecule has 4 nitrogen and oxygen atoms in total. The lowest BCUT2D eigenvalue weighted by atomic mass is 9.99. The zero-order valence-electron chi connectivity index (χ0n) is 11.8. The van der Waals surface area contributed by atoms with Gasteiger partial charge in [0.05, 0.1) is 12.7 Å². The average molecular weight is 258 g/mol. The van der Waals surface area contributed by atoms with Crippen LogP contribution >= 0.6 is 0 Å². The van der Waals surface area contributed by atoms with E-state index in [4.69, 9.17) is 10.5 Å². The Balaban J connectivity index is 2.20. The first-order valence-corrected chi connectivity index (χ1v) is 7.47. The molecule has 2 unspecified atom stereocenters. The summed E-state index contributed by atoms with van der Waals surface area (Å²) in [4.78, 5) is 2.39. The molecule has 0 aromatic rings. The van der Waals surface area contributed by atoms with Gasteiger partial charge in [-0.15, -0.1) is 0 Å². The van der Waals surface area contributed by atoms with Crippen LogP contribution in [0, 0.1) is 0 Å². The van der Waals surface area contributed by atoms with Gasteiger partial charge in [0.2, 0.25) is 0 Å². The standard InChI is InChI=1S/C14H30N2O2/c1-2-3-10-18-12-14(17)11-16-9-5-4-6-13(16)7-8-15/h13-14,17H,2-12,15H2,1H3. The summed E-state index contributed by atoms with van der Waals surface area (Å²) < 4.78 is 5.47. The van der Waals surface area contributed by atoms with Crippen molar-refractivity contribution in [3.63, 3.8) is 0 Å². The molecule has 0 amide bonds. The number of ether oxygens (including phenoxy) is 1. The van der Waals surface area contributed by atoms with Gasteiger partial charge in [-0.1, -0.05) is 19.8 Å². The first-order chi connectivity index (χ1) is 8.77. The third kappa shape index (κ3) is 6.14. The van der Waals surface area contributed by atoms with Gasteiger partial charge in [0.15, 0.2) is 0 Å². The number of hydrogen-bond acceptors (Lipinski definition) is 4. The van der Waals surface area contributed by atoms with Crippen molar-refractivity contribution in [1.82, 2.24) is 4.90 Å². The number of nitrogens with two attached hydrogens (primary N) is 1. The molecule has 0 bridgehead atoms. The van der Waals surface area contributed by atoms with E-state index in [0.717, 1.165) is 45.5 Å². The lowest BCUT2D eigenvalue weighted by Crippen LogP contribution is -2.45. The second-order valence-corrected chi connectivity index (χ2v) is 5.30. The molecule has 2 atom stereocenters. The van der Waals surface area contributed by atoms with Crippen LogP contribution < -0.4 is 5.73 Å². The Morgan fingerprint density at radius 1 is 1.44 bits per heavy atom. The van der Waals surface area contributed by atoms with Crippen LogP contribution in [0.3, 0.4) is 0 Å². The lowest BCUT2D eigenvalue weighted by molar-refractivity contribution is 0.000770. The van der Waals surface area contributed by atoms with E-state index < -0.39 is 0 Å². The van der Waals surface area contributed by atoms with Gasteiger partial charge in [-0.25, -0.2) is 0 Å². The first kappa shape index (κ1) is 15.9. The highest BCUT2D eigenvalue weighted by atomic mass is 16.5. The summed E-state index contributed by atoms with van der Waals surface area (Å²) in [5.41, 5.74) is 5.65. The van der Waals surface area contributed by atoms with Gasteiger partial charge in [0.1, 0.15) is 0 Å². The Labute approximate surface area is 111 Å². The number of likely N-dealkylation sites (tertiary alicyclic amines) is 1. The third-order valence-electron chi connectivity index (χ3n) is 3.65. The highest BCUT2D eigenvalue weighted by molar-refractivity contribution is 4.79. The molecule has 1 fully saturated rings. The molecule has 1 saturated heterocycles. The number of piperidine rings is 1. The largest absolute Gasteiger partial charge is 0.389 e. The molecule has 0 radical (unpaired) electrons. The van der Waals surface area contributed by atoms with Gasteiger partial charge >= 0.3 is 0 Å². The van der Waals surface area contributed by atoms with Gasteiger partial charge in [-0.2, -0.15) is 0 Å². The SMILES string of the molecule is CCCCOCC(O)CN1CCCCC1CCN. The fourth-order valence-corrected chi connectivity index (χ4v) is 2.61.